The summed E-state index contributed by atoms with van der Waals surface area (Å²) >= 11 is 0. The molecule has 1 aromatic heterocycles. The molecule has 0 spiro atoms. The van der Waals surface area contributed by atoms with Crippen molar-refractivity contribution in [2.45, 2.75) is 26.3 Å². The summed E-state index contributed by atoms with van der Waals surface area (Å²) in [6.07, 6.45) is 2.12. The van der Waals surface area contributed by atoms with Crippen molar-refractivity contribution in [2.75, 3.05) is 7.11 Å². The number of primary amides is 1. The molecule has 0 fully saturated rings. The van der Waals surface area contributed by atoms with E-state index in [9.17, 15) is 4.79 Å². The van der Waals surface area contributed by atoms with Gasteiger partial charge in [-0.3, -0.25) is 4.79 Å². The van der Waals surface area contributed by atoms with Crippen LogP contribution in [0, 0.1) is 0 Å². The van der Waals surface area contributed by atoms with Crippen molar-refractivity contribution in [3.8, 4) is 5.75 Å². The number of rotatable bonds is 6. The van der Waals surface area contributed by atoms with Crippen LogP contribution < -0.4 is 10.5 Å². The summed E-state index contributed by atoms with van der Waals surface area (Å²) in [6.45, 7) is 2.89. The zero-order valence-corrected chi connectivity index (χ0v) is 16.2. The molecule has 2 N–H and O–H groups in total. The normalized spacial score (nSPS) is 11.2. The van der Waals surface area contributed by atoms with Crippen LogP contribution in [-0.2, 0) is 13.0 Å². The Morgan fingerprint density at radius 1 is 1.00 bits per heavy atom. The van der Waals surface area contributed by atoms with Crippen LogP contribution in [-0.4, -0.2) is 17.6 Å². The molecule has 3 aromatic carbocycles. The lowest BCUT2D eigenvalue weighted by molar-refractivity contribution is 0.100. The fourth-order valence-corrected chi connectivity index (χ4v) is 3.92. The van der Waals surface area contributed by atoms with E-state index in [4.69, 9.17) is 10.5 Å². The Labute approximate surface area is 164 Å². The molecule has 4 heteroatoms. The van der Waals surface area contributed by atoms with Crippen molar-refractivity contribution in [3.05, 3.63) is 77.4 Å². The summed E-state index contributed by atoms with van der Waals surface area (Å²) in [4.78, 5) is 12.1. The second-order valence-corrected chi connectivity index (χ2v) is 7.10. The summed E-state index contributed by atoms with van der Waals surface area (Å²) in [5, 5.41) is 2.00. The minimum absolute atomic E-state index is 0.397. The maximum atomic E-state index is 12.1. The van der Waals surface area contributed by atoms with Crippen molar-refractivity contribution in [1.29, 1.82) is 0 Å². The molecule has 1 heterocycles. The highest BCUT2D eigenvalue weighted by Crippen LogP contribution is 2.33. The van der Waals surface area contributed by atoms with Crippen LogP contribution in [0.4, 0.5) is 0 Å². The van der Waals surface area contributed by atoms with E-state index in [-0.39, 0.29) is 0 Å². The van der Waals surface area contributed by atoms with Gasteiger partial charge in [-0.25, -0.2) is 0 Å². The number of benzene rings is 3. The van der Waals surface area contributed by atoms with Crippen LogP contribution in [0.5, 0.6) is 5.75 Å². The maximum Gasteiger partial charge on any atom is 0.249 e. The topological polar surface area (TPSA) is 57.2 Å². The molecule has 4 nitrogen and oxygen atoms in total. The van der Waals surface area contributed by atoms with E-state index in [1.54, 1.807) is 7.11 Å². The number of carbonyl (C=O) groups is 1. The molecule has 4 aromatic rings. The van der Waals surface area contributed by atoms with Crippen LogP contribution in [0.3, 0.4) is 0 Å². The van der Waals surface area contributed by atoms with E-state index < -0.39 is 5.91 Å². The van der Waals surface area contributed by atoms with Gasteiger partial charge in [-0.05, 0) is 47.9 Å². The van der Waals surface area contributed by atoms with Crippen LogP contribution in [0.25, 0.3) is 21.8 Å². The highest BCUT2D eigenvalue weighted by molar-refractivity contribution is 6.17. The largest absolute Gasteiger partial charge is 0.497 e. The Kier molecular flexibility index (Phi) is 4.78. The lowest BCUT2D eigenvalue weighted by Gasteiger charge is -2.10. The summed E-state index contributed by atoms with van der Waals surface area (Å²) in [6, 6.07) is 20.4. The molecular weight excluding hydrogens is 348 g/mol. The quantitative estimate of drug-likeness (QED) is 0.523. The summed E-state index contributed by atoms with van der Waals surface area (Å²) in [7, 11) is 1.67. The number of aryl methyl sites for hydroxylation is 1. The van der Waals surface area contributed by atoms with E-state index in [0.29, 0.717) is 12.1 Å². The molecule has 0 saturated heterocycles. The fraction of sp³-hybridized carbons (Fsp3) is 0.208. The van der Waals surface area contributed by atoms with E-state index in [2.05, 4.69) is 47.9 Å². The van der Waals surface area contributed by atoms with E-state index >= 15 is 0 Å². The predicted octanol–water partition coefficient (Wildman–Crippen LogP) is 4.90. The van der Waals surface area contributed by atoms with Crippen LogP contribution in [0.15, 0.2) is 60.7 Å². The zero-order chi connectivity index (χ0) is 19.7. The monoisotopic (exact) mass is 372 g/mol. The number of amides is 1. The Morgan fingerprint density at radius 2 is 1.75 bits per heavy atom. The summed E-state index contributed by atoms with van der Waals surface area (Å²) in [5.41, 5.74) is 10.9. The van der Waals surface area contributed by atoms with Crippen molar-refractivity contribution < 1.29 is 9.53 Å². The van der Waals surface area contributed by atoms with E-state index in [1.807, 2.05) is 24.3 Å². The highest BCUT2D eigenvalue weighted by Gasteiger charge is 2.17. The van der Waals surface area contributed by atoms with Gasteiger partial charge in [-0.15, -0.1) is 0 Å². The molecule has 0 atom stereocenters. The number of nitrogens with two attached hydrogens (primary N) is 1. The highest BCUT2D eigenvalue weighted by atomic mass is 16.5. The van der Waals surface area contributed by atoms with Gasteiger partial charge in [-0.2, -0.15) is 0 Å². The van der Waals surface area contributed by atoms with Crippen molar-refractivity contribution >= 4 is 27.7 Å². The molecule has 142 valence electrons. The Balaban J connectivity index is 1.96. The van der Waals surface area contributed by atoms with Gasteiger partial charge in [0.1, 0.15) is 5.75 Å². The smallest absolute Gasteiger partial charge is 0.249 e. The first-order valence-corrected chi connectivity index (χ1v) is 9.59. The SMILES string of the molecule is CCCc1ccc2c3c(C(N)=O)cccc3n(Cc3ccc(OC)cc3)c2c1. The first-order valence-electron chi connectivity index (χ1n) is 9.59. The first-order chi connectivity index (χ1) is 13.6. The van der Waals surface area contributed by atoms with Gasteiger partial charge in [-0.1, -0.05) is 43.7 Å². The average molecular weight is 372 g/mol. The molecule has 0 bridgehead atoms. The van der Waals surface area contributed by atoms with Gasteiger partial charge >= 0.3 is 0 Å². The Morgan fingerprint density at radius 3 is 2.43 bits per heavy atom. The van der Waals surface area contributed by atoms with Crippen molar-refractivity contribution in [2.24, 2.45) is 5.73 Å². The number of carbonyl (C=O) groups excluding carboxylic acids is 1. The molecule has 0 unspecified atom stereocenters. The number of hydrogen-bond acceptors (Lipinski definition) is 2. The third kappa shape index (κ3) is 3.11. The van der Waals surface area contributed by atoms with Gasteiger partial charge in [0.25, 0.3) is 0 Å². The molecule has 0 aliphatic rings. The van der Waals surface area contributed by atoms with Crippen molar-refractivity contribution in [3.63, 3.8) is 0 Å². The summed E-state index contributed by atoms with van der Waals surface area (Å²) in [5.74, 6) is 0.443. The predicted molar refractivity (Wildman–Crippen MR) is 114 cm³/mol. The third-order valence-corrected chi connectivity index (χ3v) is 5.26. The maximum absolute atomic E-state index is 12.1. The molecule has 0 aliphatic carbocycles. The lowest BCUT2D eigenvalue weighted by Crippen LogP contribution is -2.11. The Bertz CT molecular complexity index is 1160. The minimum Gasteiger partial charge on any atom is -0.497 e. The van der Waals surface area contributed by atoms with Crippen LogP contribution in [0.2, 0.25) is 0 Å². The summed E-state index contributed by atoms with van der Waals surface area (Å²) < 4.78 is 7.55. The van der Waals surface area contributed by atoms with Gasteiger partial charge < -0.3 is 15.0 Å². The fourth-order valence-electron chi connectivity index (χ4n) is 3.92. The van der Waals surface area contributed by atoms with Gasteiger partial charge in [0, 0.05) is 28.4 Å². The van der Waals surface area contributed by atoms with Crippen LogP contribution in [0.1, 0.15) is 34.8 Å². The zero-order valence-electron chi connectivity index (χ0n) is 16.2. The van der Waals surface area contributed by atoms with E-state index in [1.165, 1.54) is 11.1 Å². The number of aromatic nitrogens is 1. The van der Waals surface area contributed by atoms with E-state index in [0.717, 1.165) is 40.4 Å². The van der Waals surface area contributed by atoms with Gasteiger partial charge in [0.15, 0.2) is 0 Å². The minimum atomic E-state index is -0.397. The second kappa shape index (κ2) is 7.39. The van der Waals surface area contributed by atoms with Crippen LogP contribution >= 0.6 is 0 Å². The molecule has 1 amide bonds. The molecule has 4 rings (SSSR count). The van der Waals surface area contributed by atoms with Gasteiger partial charge in [0.2, 0.25) is 5.91 Å². The number of ether oxygens (including phenoxy) is 1. The third-order valence-electron chi connectivity index (χ3n) is 5.26. The lowest BCUT2D eigenvalue weighted by atomic mass is 10.0. The number of hydrogen-bond donors (Lipinski definition) is 1. The molecular formula is C24H24N2O2. The standard InChI is InChI=1S/C24H24N2O2/c1-3-5-16-10-13-19-22(14-16)26(15-17-8-11-18(28-2)12-9-17)21-7-4-6-20(23(19)21)24(25)27/h4,6-14H,3,5,15H2,1-2H3,(H2,25,27). The van der Waals surface area contributed by atoms with Gasteiger partial charge in [0.05, 0.1) is 12.6 Å². The average Bonchev–Trinajstić information content (AvgIpc) is 3.02. The molecule has 0 saturated carbocycles. The Hall–Kier alpha value is -3.27. The number of methoxy groups -OCH3 is 1. The first kappa shape index (κ1) is 18.1. The molecule has 28 heavy (non-hydrogen) atoms. The number of fused-ring (bicyclic) bond motifs is 3. The van der Waals surface area contributed by atoms with Crippen molar-refractivity contribution in [1.82, 2.24) is 4.57 Å². The molecule has 0 radical (unpaired) electrons. The second-order valence-electron chi connectivity index (χ2n) is 7.10. The number of nitrogens with zero attached hydrogens (tertiary/aromatic N) is 1. The molecule has 0 aliphatic heterocycles.